The van der Waals surface area contributed by atoms with Gasteiger partial charge in [0.2, 0.25) is 0 Å². The van der Waals surface area contributed by atoms with Crippen molar-refractivity contribution in [1.82, 2.24) is 10.3 Å². The Labute approximate surface area is 166 Å². The predicted molar refractivity (Wildman–Crippen MR) is 106 cm³/mol. The van der Waals surface area contributed by atoms with Gasteiger partial charge in [-0.1, -0.05) is 11.6 Å². The van der Waals surface area contributed by atoms with E-state index in [-0.39, 0.29) is 11.6 Å². The Morgan fingerprint density at radius 1 is 1.07 bits per heavy atom. The van der Waals surface area contributed by atoms with Crippen LogP contribution >= 0.6 is 11.6 Å². The third kappa shape index (κ3) is 3.92. The lowest BCUT2D eigenvalue weighted by Gasteiger charge is -2.34. The molecule has 1 saturated heterocycles. The minimum atomic E-state index is -0.760. The molecule has 28 heavy (non-hydrogen) atoms. The van der Waals surface area contributed by atoms with Crippen molar-refractivity contribution in [3.05, 3.63) is 70.9 Å². The summed E-state index contributed by atoms with van der Waals surface area (Å²) >= 11 is 6.05. The molecule has 7 heteroatoms. The summed E-state index contributed by atoms with van der Waals surface area (Å²) in [7, 11) is 0. The molecule has 4 nitrogen and oxygen atoms in total. The lowest BCUT2D eigenvalue weighted by Crippen LogP contribution is -2.44. The summed E-state index contributed by atoms with van der Waals surface area (Å²) in [6.07, 6.45) is 3.24. The van der Waals surface area contributed by atoms with Crippen molar-refractivity contribution >= 4 is 34.1 Å². The number of fused-ring (bicyclic) bond motifs is 1. The van der Waals surface area contributed by atoms with E-state index in [1.807, 2.05) is 24.3 Å². The summed E-state index contributed by atoms with van der Waals surface area (Å²) in [5.41, 5.74) is 1.92. The lowest BCUT2D eigenvalue weighted by molar-refractivity contribution is 0.0930. The molecule has 1 aliphatic heterocycles. The average molecular weight is 402 g/mol. The van der Waals surface area contributed by atoms with Crippen LogP contribution < -0.4 is 10.2 Å². The third-order valence-corrected chi connectivity index (χ3v) is 5.21. The van der Waals surface area contributed by atoms with Gasteiger partial charge in [-0.3, -0.25) is 9.78 Å². The summed E-state index contributed by atoms with van der Waals surface area (Å²) in [5.74, 6) is -1.98. The van der Waals surface area contributed by atoms with Gasteiger partial charge in [0.25, 0.3) is 5.91 Å². The largest absolute Gasteiger partial charge is 0.371 e. The number of nitrogens with zero attached hydrogens (tertiary/aromatic N) is 2. The van der Waals surface area contributed by atoms with Gasteiger partial charge in [0.15, 0.2) is 0 Å². The fourth-order valence-electron chi connectivity index (χ4n) is 3.60. The molecule has 1 aromatic heterocycles. The Balaban J connectivity index is 1.43. The van der Waals surface area contributed by atoms with E-state index in [0.29, 0.717) is 5.02 Å². The molecule has 0 bridgehead atoms. The smallest absolute Gasteiger partial charge is 0.251 e. The molecule has 2 aromatic carbocycles. The van der Waals surface area contributed by atoms with Gasteiger partial charge in [-0.05, 0) is 49.2 Å². The van der Waals surface area contributed by atoms with Gasteiger partial charge in [0.1, 0.15) is 11.6 Å². The van der Waals surface area contributed by atoms with Crippen molar-refractivity contribution in [2.75, 3.05) is 18.0 Å². The molecule has 1 fully saturated rings. The SMILES string of the molecule is O=C(NC1CCN(c2ccnc3cc(Cl)ccc23)CC1)c1cc(F)cc(F)c1. The Morgan fingerprint density at radius 2 is 1.79 bits per heavy atom. The Bertz CT molecular complexity index is 1020. The van der Waals surface area contributed by atoms with Crippen LogP contribution in [0.3, 0.4) is 0 Å². The maximum atomic E-state index is 13.3. The summed E-state index contributed by atoms with van der Waals surface area (Å²) < 4.78 is 26.6. The number of benzene rings is 2. The van der Waals surface area contributed by atoms with Crippen molar-refractivity contribution in [2.24, 2.45) is 0 Å². The van der Waals surface area contributed by atoms with E-state index in [9.17, 15) is 13.6 Å². The van der Waals surface area contributed by atoms with Crippen LogP contribution in [0.4, 0.5) is 14.5 Å². The minimum absolute atomic E-state index is 0.00284. The van der Waals surface area contributed by atoms with E-state index in [2.05, 4.69) is 15.2 Å². The predicted octanol–water partition coefficient (Wildman–Crippen LogP) is 4.57. The first-order valence-corrected chi connectivity index (χ1v) is 9.43. The fraction of sp³-hybridized carbons (Fsp3) is 0.238. The van der Waals surface area contributed by atoms with E-state index in [1.54, 1.807) is 6.20 Å². The molecule has 3 aromatic rings. The summed E-state index contributed by atoms with van der Waals surface area (Å²) in [5, 5.41) is 4.56. The molecule has 0 saturated carbocycles. The second-order valence-electron chi connectivity index (χ2n) is 6.88. The fourth-order valence-corrected chi connectivity index (χ4v) is 3.77. The molecule has 1 aliphatic rings. The first-order chi connectivity index (χ1) is 13.5. The monoisotopic (exact) mass is 401 g/mol. The highest BCUT2D eigenvalue weighted by Gasteiger charge is 2.23. The molecule has 2 heterocycles. The highest BCUT2D eigenvalue weighted by molar-refractivity contribution is 6.31. The Kier molecular flexibility index (Phi) is 5.13. The number of halogens is 3. The quantitative estimate of drug-likeness (QED) is 0.699. The van der Waals surface area contributed by atoms with E-state index in [1.165, 1.54) is 0 Å². The molecule has 0 atom stereocenters. The Morgan fingerprint density at radius 3 is 2.50 bits per heavy atom. The van der Waals surface area contributed by atoms with Crippen molar-refractivity contribution in [3.63, 3.8) is 0 Å². The van der Waals surface area contributed by atoms with Crippen LogP contribution in [0.5, 0.6) is 0 Å². The number of hydrogen-bond acceptors (Lipinski definition) is 3. The number of aromatic nitrogens is 1. The van der Waals surface area contributed by atoms with Gasteiger partial charge in [-0.25, -0.2) is 8.78 Å². The van der Waals surface area contributed by atoms with Crippen LogP contribution in [0.15, 0.2) is 48.7 Å². The highest BCUT2D eigenvalue weighted by Crippen LogP contribution is 2.29. The number of rotatable bonds is 3. The number of carbonyl (C=O) groups is 1. The number of nitrogens with one attached hydrogen (secondary N) is 1. The first kappa shape index (κ1) is 18.6. The molecule has 0 aliphatic carbocycles. The van der Waals surface area contributed by atoms with E-state index in [0.717, 1.165) is 60.7 Å². The van der Waals surface area contributed by atoms with Crippen LogP contribution in [0.1, 0.15) is 23.2 Å². The summed E-state index contributed by atoms with van der Waals surface area (Å²) in [6.45, 7) is 1.51. The van der Waals surface area contributed by atoms with Crippen molar-refractivity contribution in [1.29, 1.82) is 0 Å². The van der Waals surface area contributed by atoms with E-state index >= 15 is 0 Å². The van der Waals surface area contributed by atoms with E-state index in [4.69, 9.17) is 11.6 Å². The van der Waals surface area contributed by atoms with Gasteiger partial charge in [-0.2, -0.15) is 0 Å². The molecule has 0 radical (unpaired) electrons. The molecular weight excluding hydrogens is 384 g/mol. The molecule has 1 N–H and O–H groups in total. The van der Waals surface area contributed by atoms with E-state index < -0.39 is 17.5 Å². The van der Waals surface area contributed by atoms with Crippen LogP contribution in [0.25, 0.3) is 10.9 Å². The second-order valence-corrected chi connectivity index (χ2v) is 7.32. The maximum Gasteiger partial charge on any atom is 0.251 e. The number of hydrogen-bond donors (Lipinski definition) is 1. The number of amides is 1. The topological polar surface area (TPSA) is 45.2 Å². The number of anilines is 1. The number of piperidine rings is 1. The molecule has 0 spiro atoms. The van der Waals surface area contributed by atoms with Gasteiger partial charge in [-0.15, -0.1) is 0 Å². The highest BCUT2D eigenvalue weighted by atomic mass is 35.5. The van der Waals surface area contributed by atoms with Crippen LogP contribution in [-0.2, 0) is 0 Å². The second kappa shape index (κ2) is 7.72. The molecule has 144 valence electrons. The van der Waals surface area contributed by atoms with Crippen molar-refractivity contribution < 1.29 is 13.6 Å². The zero-order valence-corrected chi connectivity index (χ0v) is 15.7. The van der Waals surface area contributed by atoms with Gasteiger partial charge in [0.05, 0.1) is 5.52 Å². The third-order valence-electron chi connectivity index (χ3n) is 4.98. The maximum absolute atomic E-state index is 13.3. The van der Waals surface area contributed by atoms with Crippen LogP contribution in [0.2, 0.25) is 5.02 Å². The molecule has 4 rings (SSSR count). The molecular formula is C21H18ClF2N3O. The first-order valence-electron chi connectivity index (χ1n) is 9.06. The van der Waals surface area contributed by atoms with Gasteiger partial charge in [0, 0.05) is 53.1 Å². The van der Waals surface area contributed by atoms with Crippen molar-refractivity contribution in [3.8, 4) is 0 Å². The zero-order valence-electron chi connectivity index (χ0n) is 15.0. The molecule has 1 amide bonds. The average Bonchev–Trinajstić information content (AvgIpc) is 2.67. The number of pyridine rings is 1. The zero-order chi connectivity index (χ0) is 19.7. The van der Waals surface area contributed by atoms with Crippen molar-refractivity contribution in [2.45, 2.75) is 18.9 Å². The lowest BCUT2D eigenvalue weighted by atomic mass is 10.0. The standard InChI is InChI=1S/C21H18ClF2N3O/c22-14-1-2-18-19(11-14)25-6-3-20(18)27-7-4-17(5-8-27)26-21(28)13-9-15(23)12-16(24)10-13/h1-3,6,9-12,17H,4-5,7-8H2,(H,26,28). The number of carbonyl (C=O) groups excluding carboxylic acids is 1. The minimum Gasteiger partial charge on any atom is -0.371 e. The summed E-state index contributed by atoms with van der Waals surface area (Å²) in [6, 6.07) is 10.4. The van der Waals surface area contributed by atoms with Crippen LogP contribution in [0, 0.1) is 11.6 Å². The van der Waals surface area contributed by atoms with Crippen LogP contribution in [-0.4, -0.2) is 30.0 Å². The molecule has 0 unspecified atom stereocenters. The summed E-state index contributed by atoms with van der Waals surface area (Å²) in [4.78, 5) is 18.9. The Hall–Kier alpha value is -2.73. The van der Waals surface area contributed by atoms with Gasteiger partial charge < -0.3 is 10.2 Å². The normalized spacial score (nSPS) is 15.0. The van der Waals surface area contributed by atoms with Gasteiger partial charge >= 0.3 is 0 Å².